The minimum atomic E-state index is -0.588. The normalized spacial score (nSPS) is 16.4. The lowest BCUT2D eigenvalue weighted by Gasteiger charge is -2.11. The first kappa shape index (κ1) is 10.9. The quantitative estimate of drug-likeness (QED) is 0.815. The average Bonchev–Trinajstić information content (AvgIpc) is 2.83. The molecule has 0 unspecified atom stereocenters. The third-order valence-corrected chi connectivity index (χ3v) is 3.25. The van der Waals surface area contributed by atoms with E-state index in [0.29, 0.717) is 17.8 Å². The van der Waals surface area contributed by atoms with Crippen LogP contribution in [-0.4, -0.2) is 28.4 Å². The fourth-order valence-electron chi connectivity index (χ4n) is 1.63. The van der Waals surface area contributed by atoms with Crippen molar-refractivity contribution in [2.45, 2.75) is 13.3 Å². The van der Waals surface area contributed by atoms with Crippen molar-refractivity contribution >= 4 is 28.7 Å². The molecule has 0 bridgehead atoms. The number of imide groups is 1. The monoisotopic (exact) mass is 237 g/mol. The van der Waals surface area contributed by atoms with E-state index in [0.717, 1.165) is 4.90 Å². The molecule has 5 heteroatoms. The summed E-state index contributed by atoms with van der Waals surface area (Å²) in [4.78, 5) is 25.2. The number of amides is 2. The van der Waals surface area contributed by atoms with Gasteiger partial charge in [-0.05, 0) is 17.9 Å². The minimum absolute atomic E-state index is 0.133. The number of rotatable bonds is 3. The van der Waals surface area contributed by atoms with Gasteiger partial charge in [0.1, 0.15) is 5.57 Å². The van der Waals surface area contributed by atoms with Crippen molar-refractivity contribution < 1.29 is 14.7 Å². The summed E-state index contributed by atoms with van der Waals surface area (Å²) in [7, 11) is 0. The van der Waals surface area contributed by atoms with Gasteiger partial charge in [0.25, 0.3) is 11.8 Å². The molecule has 0 radical (unpaired) electrons. The number of hydrogen-bond donors (Lipinski definition) is 1. The highest BCUT2D eigenvalue weighted by Gasteiger charge is 2.38. The van der Waals surface area contributed by atoms with Gasteiger partial charge in [-0.2, -0.15) is 0 Å². The fourth-order valence-corrected chi connectivity index (χ4v) is 2.40. The lowest BCUT2D eigenvalue weighted by atomic mass is 10.2. The molecule has 84 valence electrons. The highest BCUT2D eigenvalue weighted by molar-refractivity contribution is 7.11. The highest BCUT2D eigenvalue weighted by atomic mass is 32.1. The van der Waals surface area contributed by atoms with Gasteiger partial charge in [-0.1, -0.05) is 13.0 Å². The van der Waals surface area contributed by atoms with Crippen LogP contribution in [0.2, 0.25) is 0 Å². The third-order valence-electron chi connectivity index (χ3n) is 2.36. The Balaban J connectivity index is 2.39. The van der Waals surface area contributed by atoms with Gasteiger partial charge in [0.15, 0.2) is 5.76 Å². The van der Waals surface area contributed by atoms with Crippen molar-refractivity contribution in [2.75, 3.05) is 6.54 Å². The summed E-state index contributed by atoms with van der Waals surface area (Å²) in [5, 5.41) is 11.5. The Morgan fingerprint density at radius 3 is 2.69 bits per heavy atom. The van der Waals surface area contributed by atoms with Gasteiger partial charge in [0.05, 0.1) is 0 Å². The summed E-state index contributed by atoms with van der Waals surface area (Å²) in [6, 6.07) is 3.50. The van der Waals surface area contributed by atoms with Crippen LogP contribution in [0.15, 0.2) is 23.3 Å². The van der Waals surface area contributed by atoms with E-state index in [1.165, 1.54) is 11.3 Å². The molecule has 0 aromatic carbocycles. The van der Waals surface area contributed by atoms with E-state index in [1.807, 2.05) is 6.92 Å². The van der Waals surface area contributed by atoms with Crippen molar-refractivity contribution in [2.24, 2.45) is 0 Å². The van der Waals surface area contributed by atoms with Gasteiger partial charge in [-0.15, -0.1) is 11.3 Å². The standard InChI is InChI=1S/C11H11NO3S/c1-2-5-12-10(14)8(9(13)11(12)15)7-4-3-6-16-7/h3-4,6,13H,2,5H2,1H3. The van der Waals surface area contributed by atoms with E-state index in [4.69, 9.17) is 0 Å². The summed E-state index contributed by atoms with van der Waals surface area (Å²) in [5.74, 6) is -1.41. The van der Waals surface area contributed by atoms with E-state index >= 15 is 0 Å². The summed E-state index contributed by atoms with van der Waals surface area (Å²) in [6.45, 7) is 2.22. The lowest BCUT2D eigenvalue weighted by molar-refractivity contribution is -0.138. The van der Waals surface area contributed by atoms with Gasteiger partial charge in [-0.3, -0.25) is 14.5 Å². The van der Waals surface area contributed by atoms with E-state index < -0.39 is 17.6 Å². The molecule has 0 saturated heterocycles. The summed E-state index contributed by atoms with van der Waals surface area (Å²) >= 11 is 1.33. The maximum absolute atomic E-state index is 11.9. The van der Waals surface area contributed by atoms with Crippen LogP contribution in [0.5, 0.6) is 0 Å². The number of carbonyl (C=O) groups is 2. The molecule has 4 nitrogen and oxygen atoms in total. The van der Waals surface area contributed by atoms with Crippen LogP contribution in [0.25, 0.3) is 5.57 Å². The second-order valence-electron chi connectivity index (χ2n) is 3.46. The van der Waals surface area contributed by atoms with Crippen molar-refractivity contribution in [3.05, 3.63) is 28.1 Å². The van der Waals surface area contributed by atoms with E-state index in [1.54, 1.807) is 17.5 Å². The van der Waals surface area contributed by atoms with Crippen LogP contribution >= 0.6 is 11.3 Å². The Morgan fingerprint density at radius 2 is 2.12 bits per heavy atom. The Kier molecular flexibility index (Phi) is 2.78. The van der Waals surface area contributed by atoms with Crippen LogP contribution in [-0.2, 0) is 9.59 Å². The van der Waals surface area contributed by atoms with Crippen LogP contribution < -0.4 is 0 Å². The molecule has 16 heavy (non-hydrogen) atoms. The zero-order chi connectivity index (χ0) is 11.7. The minimum Gasteiger partial charge on any atom is -0.502 e. The van der Waals surface area contributed by atoms with Gasteiger partial charge >= 0.3 is 0 Å². The number of hydrogen-bond acceptors (Lipinski definition) is 4. The van der Waals surface area contributed by atoms with Crippen molar-refractivity contribution in [3.63, 3.8) is 0 Å². The number of aliphatic hydroxyl groups excluding tert-OH is 1. The second-order valence-corrected chi connectivity index (χ2v) is 4.41. The molecule has 1 N–H and O–H groups in total. The molecular weight excluding hydrogens is 226 g/mol. The van der Waals surface area contributed by atoms with E-state index in [9.17, 15) is 14.7 Å². The molecule has 0 atom stereocenters. The summed E-state index contributed by atoms with van der Waals surface area (Å²) in [5.41, 5.74) is 0.133. The first-order valence-electron chi connectivity index (χ1n) is 5.00. The number of aliphatic hydroxyl groups is 1. The van der Waals surface area contributed by atoms with E-state index in [2.05, 4.69) is 0 Å². The SMILES string of the molecule is CCCN1C(=O)C(O)=C(c2cccs2)C1=O. The number of nitrogens with zero attached hydrogens (tertiary/aromatic N) is 1. The zero-order valence-electron chi connectivity index (χ0n) is 8.77. The predicted octanol–water partition coefficient (Wildman–Crippen LogP) is 1.80. The molecule has 0 spiro atoms. The Hall–Kier alpha value is -1.62. The first-order valence-corrected chi connectivity index (χ1v) is 5.88. The van der Waals surface area contributed by atoms with Crippen molar-refractivity contribution in [1.82, 2.24) is 4.90 Å². The maximum atomic E-state index is 11.9. The second kappa shape index (κ2) is 4.09. The lowest BCUT2D eigenvalue weighted by Crippen LogP contribution is -2.32. The molecular formula is C11H11NO3S. The van der Waals surface area contributed by atoms with Gasteiger partial charge in [-0.25, -0.2) is 0 Å². The predicted molar refractivity (Wildman–Crippen MR) is 60.9 cm³/mol. The molecule has 2 rings (SSSR count). The van der Waals surface area contributed by atoms with Gasteiger partial charge < -0.3 is 5.11 Å². The van der Waals surface area contributed by atoms with Gasteiger partial charge in [0, 0.05) is 11.4 Å². The molecule has 1 aliphatic rings. The topological polar surface area (TPSA) is 57.6 Å². The summed E-state index contributed by atoms with van der Waals surface area (Å²) in [6.07, 6.45) is 0.683. The fraction of sp³-hybridized carbons (Fsp3) is 0.273. The molecule has 0 fully saturated rings. The Morgan fingerprint density at radius 1 is 1.38 bits per heavy atom. The van der Waals surface area contributed by atoms with Crippen molar-refractivity contribution in [1.29, 1.82) is 0 Å². The molecule has 0 aliphatic carbocycles. The smallest absolute Gasteiger partial charge is 0.296 e. The summed E-state index contributed by atoms with van der Waals surface area (Å²) < 4.78 is 0. The Labute approximate surface area is 96.8 Å². The highest BCUT2D eigenvalue weighted by Crippen LogP contribution is 2.30. The molecule has 1 aliphatic heterocycles. The van der Waals surface area contributed by atoms with Crippen LogP contribution in [0.3, 0.4) is 0 Å². The molecule has 1 aromatic rings. The van der Waals surface area contributed by atoms with Crippen LogP contribution in [0.1, 0.15) is 18.2 Å². The van der Waals surface area contributed by atoms with Gasteiger partial charge in [0.2, 0.25) is 0 Å². The van der Waals surface area contributed by atoms with E-state index in [-0.39, 0.29) is 5.57 Å². The maximum Gasteiger partial charge on any atom is 0.296 e. The molecule has 2 amide bonds. The molecule has 1 aromatic heterocycles. The zero-order valence-corrected chi connectivity index (χ0v) is 9.58. The number of carbonyl (C=O) groups excluding carboxylic acids is 2. The average molecular weight is 237 g/mol. The van der Waals surface area contributed by atoms with Crippen molar-refractivity contribution in [3.8, 4) is 0 Å². The molecule has 2 heterocycles. The Bertz CT molecular complexity index is 462. The van der Waals surface area contributed by atoms with Crippen LogP contribution in [0.4, 0.5) is 0 Å². The third kappa shape index (κ3) is 1.53. The molecule has 0 saturated carbocycles. The largest absolute Gasteiger partial charge is 0.502 e. The van der Waals surface area contributed by atoms with Crippen LogP contribution in [0, 0.1) is 0 Å². The number of thiophene rings is 1. The first-order chi connectivity index (χ1) is 7.66.